The highest BCUT2D eigenvalue weighted by Crippen LogP contribution is 2.36. The first-order valence-corrected chi connectivity index (χ1v) is 8.21. The minimum atomic E-state index is -0.908. The monoisotopic (exact) mass is 329 g/mol. The van der Waals surface area contributed by atoms with Crippen molar-refractivity contribution in [3.8, 4) is 0 Å². The van der Waals surface area contributed by atoms with Crippen molar-refractivity contribution in [2.75, 3.05) is 0 Å². The first-order chi connectivity index (χ1) is 11.1. The molecule has 23 heavy (non-hydrogen) atoms. The molecule has 0 saturated carbocycles. The average Bonchev–Trinajstić information content (AvgIpc) is 2.77. The van der Waals surface area contributed by atoms with Gasteiger partial charge >= 0.3 is 5.97 Å². The highest BCUT2D eigenvalue weighted by Gasteiger charge is 2.17. The van der Waals surface area contributed by atoms with Crippen LogP contribution in [0.15, 0.2) is 53.4 Å². The zero-order valence-electron chi connectivity index (χ0n) is 12.6. The number of nitrogens with zero attached hydrogens (tertiary/aromatic N) is 1. The van der Waals surface area contributed by atoms with E-state index in [9.17, 15) is 9.18 Å². The Balaban J connectivity index is 2.02. The average molecular weight is 329 g/mol. The quantitative estimate of drug-likeness (QED) is 0.703. The maximum Gasteiger partial charge on any atom is 0.323 e. The Morgan fingerprint density at radius 3 is 2.65 bits per heavy atom. The molecule has 3 nitrogen and oxygen atoms in total. The minimum Gasteiger partial charge on any atom is -0.480 e. The van der Waals surface area contributed by atoms with Crippen molar-refractivity contribution in [1.29, 1.82) is 0 Å². The minimum absolute atomic E-state index is 0.125. The molecule has 2 aromatic carbocycles. The van der Waals surface area contributed by atoms with Crippen LogP contribution in [0.3, 0.4) is 0 Å². The molecule has 0 spiro atoms. The lowest BCUT2D eigenvalue weighted by molar-refractivity contribution is -0.137. The SMILES string of the molecule is Cc1c(SCc2ccccc2)c2cc(F)ccc2n1CC(=O)O. The predicted molar refractivity (Wildman–Crippen MR) is 90.3 cm³/mol. The Morgan fingerprint density at radius 2 is 1.96 bits per heavy atom. The molecule has 0 atom stereocenters. The number of aromatic nitrogens is 1. The summed E-state index contributed by atoms with van der Waals surface area (Å²) in [6, 6.07) is 14.5. The number of hydrogen-bond acceptors (Lipinski definition) is 2. The van der Waals surface area contributed by atoms with Gasteiger partial charge in [0.05, 0.1) is 5.52 Å². The summed E-state index contributed by atoms with van der Waals surface area (Å²) >= 11 is 1.61. The van der Waals surface area contributed by atoms with E-state index in [2.05, 4.69) is 0 Å². The Kier molecular flexibility index (Phi) is 4.39. The van der Waals surface area contributed by atoms with Crippen molar-refractivity contribution in [1.82, 2.24) is 4.57 Å². The van der Waals surface area contributed by atoms with Crippen LogP contribution in [-0.4, -0.2) is 15.6 Å². The lowest BCUT2D eigenvalue weighted by Crippen LogP contribution is -2.09. The molecule has 0 aliphatic heterocycles. The Labute approximate surface area is 137 Å². The molecule has 0 saturated heterocycles. The summed E-state index contributed by atoms with van der Waals surface area (Å²) in [5.41, 5.74) is 2.78. The summed E-state index contributed by atoms with van der Waals surface area (Å²) < 4.78 is 15.4. The standard InChI is InChI=1S/C18H16FNO2S/c1-12-18(23-11-13-5-3-2-4-6-13)15-9-14(19)7-8-16(15)20(12)10-17(21)22/h2-9H,10-11H2,1H3,(H,21,22). The molecule has 3 aromatic rings. The van der Waals surface area contributed by atoms with Crippen molar-refractivity contribution >= 4 is 28.6 Å². The van der Waals surface area contributed by atoms with Crippen molar-refractivity contribution in [2.45, 2.75) is 24.1 Å². The van der Waals surface area contributed by atoms with E-state index in [0.29, 0.717) is 0 Å². The Bertz CT molecular complexity index is 858. The second-order valence-corrected chi connectivity index (χ2v) is 6.32. The van der Waals surface area contributed by atoms with Crippen molar-refractivity contribution in [3.05, 3.63) is 65.6 Å². The van der Waals surface area contributed by atoms with Gasteiger partial charge in [0.2, 0.25) is 0 Å². The van der Waals surface area contributed by atoms with Gasteiger partial charge in [-0.1, -0.05) is 30.3 Å². The zero-order valence-corrected chi connectivity index (χ0v) is 13.4. The number of carbonyl (C=O) groups is 1. The lowest BCUT2D eigenvalue weighted by Gasteiger charge is -2.05. The van der Waals surface area contributed by atoms with Gasteiger partial charge in [-0.2, -0.15) is 0 Å². The van der Waals surface area contributed by atoms with Gasteiger partial charge in [0.25, 0.3) is 0 Å². The number of halogens is 1. The highest BCUT2D eigenvalue weighted by atomic mass is 32.2. The van der Waals surface area contributed by atoms with Crippen molar-refractivity contribution in [3.63, 3.8) is 0 Å². The third kappa shape index (κ3) is 3.24. The van der Waals surface area contributed by atoms with E-state index in [1.165, 1.54) is 17.7 Å². The third-order valence-electron chi connectivity index (χ3n) is 3.75. The van der Waals surface area contributed by atoms with Crippen LogP contribution in [-0.2, 0) is 17.1 Å². The van der Waals surface area contributed by atoms with Crippen LogP contribution in [0.4, 0.5) is 4.39 Å². The lowest BCUT2D eigenvalue weighted by atomic mass is 10.2. The van der Waals surface area contributed by atoms with Gasteiger partial charge in [0.1, 0.15) is 12.4 Å². The van der Waals surface area contributed by atoms with Gasteiger partial charge in [0, 0.05) is 21.7 Å². The number of benzene rings is 2. The normalized spacial score (nSPS) is 11.0. The number of aliphatic carboxylic acids is 1. The van der Waals surface area contributed by atoms with Gasteiger partial charge in [-0.15, -0.1) is 11.8 Å². The van der Waals surface area contributed by atoms with E-state index in [4.69, 9.17) is 5.11 Å². The fourth-order valence-corrected chi connectivity index (χ4v) is 3.82. The summed E-state index contributed by atoms with van der Waals surface area (Å²) in [5.74, 6) is -0.467. The molecule has 1 aromatic heterocycles. The number of fused-ring (bicyclic) bond motifs is 1. The van der Waals surface area contributed by atoms with Crippen LogP contribution < -0.4 is 0 Å². The van der Waals surface area contributed by atoms with Gasteiger partial charge in [-0.05, 0) is 30.7 Å². The first kappa shape index (κ1) is 15.6. The van der Waals surface area contributed by atoms with Gasteiger partial charge in [-0.3, -0.25) is 4.79 Å². The number of hydrogen-bond donors (Lipinski definition) is 1. The summed E-state index contributed by atoms with van der Waals surface area (Å²) in [7, 11) is 0. The summed E-state index contributed by atoms with van der Waals surface area (Å²) in [5, 5.41) is 9.89. The second kappa shape index (κ2) is 6.46. The maximum atomic E-state index is 13.6. The van der Waals surface area contributed by atoms with E-state index in [0.717, 1.165) is 27.2 Å². The molecule has 0 bridgehead atoms. The van der Waals surface area contributed by atoms with Crippen LogP contribution in [0.5, 0.6) is 0 Å². The third-order valence-corrected chi connectivity index (χ3v) is 5.03. The molecule has 3 rings (SSSR count). The molecule has 1 N–H and O–H groups in total. The van der Waals surface area contributed by atoms with Crippen molar-refractivity contribution < 1.29 is 14.3 Å². The second-order valence-electron chi connectivity index (χ2n) is 5.33. The Morgan fingerprint density at radius 1 is 1.22 bits per heavy atom. The molecule has 0 amide bonds. The van der Waals surface area contributed by atoms with Crippen LogP contribution in [0, 0.1) is 12.7 Å². The van der Waals surface area contributed by atoms with Gasteiger partial charge < -0.3 is 9.67 Å². The molecule has 1 heterocycles. The molecular formula is C18H16FNO2S. The molecule has 118 valence electrons. The molecular weight excluding hydrogens is 313 g/mol. The van der Waals surface area contributed by atoms with Crippen LogP contribution in [0.25, 0.3) is 10.9 Å². The molecule has 5 heteroatoms. The molecule has 0 aliphatic carbocycles. The number of carboxylic acid groups (broad SMARTS) is 1. The highest BCUT2D eigenvalue weighted by molar-refractivity contribution is 7.98. The number of rotatable bonds is 5. The molecule has 0 radical (unpaired) electrons. The largest absolute Gasteiger partial charge is 0.480 e. The van der Waals surface area contributed by atoms with E-state index >= 15 is 0 Å². The topological polar surface area (TPSA) is 42.2 Å². The number of carboxylic acids is 1. The maximum absolute atomic E-state index is 13.6. The fraction of sp³-hybridized carbons (Fsp3) is 0.167. The van der Waals surface area contributed by atoms with Crippen LogP contribution >= 0.6 is 11.8 Å². The summed E-state index contributed by atoms with van der Waals surface area (Å²) in [4.78, 5) is 12.1. The van der Waals surface area contributed by atoms with E-state index in [1.54, 1.807) is 22.4 Å². The smallest absolute Gasteiger partial charge is 0.323 e. The molecule has 0 aliphatic rings. The molecule has 0 unspecified atom stereocenters. The fourth-order valence-electron chi connectivity index (χ4n) is 2.67. The summed E-state index contributed by atoms with van der Waals surface area (Å²) in [6.45, 7) is 1.76. The number of thioether (sulfide) groups is 1. The molecule has 0 fully saturated rings. The van der Waals surface area contributed by atoms with Gasteiger partial charge in [0.15, 0.2) is 0 Å². The zero-order chi connectivity index (χ0) is 16.4. The Hall–Kier alpha value is -2.27. The predicted octanol–water partition coefficient (Wildman–Crippen LogP) is 4.47. The van der Waals surface area contributed by atoms with E-state index in [-0.39, 0.29) is 12.4 Å². The summed E-state index contributed by atoms with van der Waals surface area (Å²) in [6.07, 6.45) is 0. The first-order valence-electron chi connectivity index (χ1n) is 7.23. The van der Waals surface area contributed by atoms with E-state index in [1.807, 2.05) is 37.3 Å². The van der Waals surface area contributed by atoms with Crippen molar-refractivity contribution in [2.24, 2.45) is 0 Å². The van der Waals surface area contributed by atoms with Gasteiger partial charge in [-0.25, -0.2) is 4.39 Å². The van der Waals surface area contributed by atoms with Crippen LogP contribution in [0.1, 0.15) is 11.3 Å². The van der Waals surface area contributed by atoms with E-state index < -0.39 is 5.97 Å². The van der Waals surface area contributed by atoms with Crippen LogP contribution in [0.2, 0.25) is 0 Å².